The Morgan fingerprint density at radius 3 is 1.59 bits per heavy atom. The van der Waals surface area contributed by atoms with E-state index in [9.17, 15) is 50.6 Å². The van der Waals surface area contributed by atoms with Gasteiger partial charge < -0.3 is 40.5 Å². The average Bonchev–Trinajstić information content (AvgIpc) is 2.76. The Labute approximate surface area is 184 Å². The topological polar surface area (TPSA) is 292 Å². The van der Waals surface area contributed by atoms with Crippen molar-refractivity contribution in [2.75, 3.05) is 0 Å². The first kappa shape index (κ1) is 21.9. The third-order valence-electron chi connectivity index (χ3n) is 4.17. The molecule has 22 heteroatoms. The summed E-state index contributed by atoms with van der Waals surface area (Å²) in [6.45, 7) is 1.16. The minimum Gasteiger partial charge on any atom is -0.358 e. The Balaban J connectivity index is 2.33. The van der Waals surface area contributed by atoms with E-state index in [1.807, 2.05) is 0 Å². The lowest BCUT2D eigenvalue weighted by atomic mass is 10.1. The fourth-order valence-electron chi connectivity index (χ4n) is 2.89. The van der Waals surface area contributed by atoms with Gasteiger partial charge in [0.05, 0.1) is 0 Å². The van der Waals surface area contributed by atoms with Crippen LogP contribution in [0, 0.1) is 57.5 Å². The van der Waals surface area contributed by atoms with E-state index >= 15 is 0 Å². The van der Waals surface area contributed by atoms with Crippen molar-refractivity contribution < 1.29 is 24.0 Å². The largest absolute Gasteiger partial charge is 0.482 e. The first-order valence-electron chi connectivity index (χ1n) is 8.25. The van der Waals surface area contributed by atoms with Gasteiger partial charge in [-0.25, -0.2) is 15.1 Å². The summed E-state index contributed by atoms with van der Waals surface area (Å²) in [7, 11) is -2.73. The molecule has 0 N–H and O–H groups in total. The molecule has 21 nitrogen and oxygen atoms in total. The molecule has 1 aliphatic heterocycles. The van der Waals surface area contributed by atoms with E-state index in [2.05, 4.69) is 29.3 Å². The molecule has 172 valence electrons. The maximum atomic E-state index is 11.4. The minimum absolute atomic E-state index is 0.308. The minimum atomic E-state index is -2.73. The Morgan fingerprint density at radius 2 is 1.09 bits per heavy atom. The number of hydrogen-bond acceptors (Lipinski definition) is 16. The van der Waals surface area contributed by atoms with Crippen molar-refractivity contribution in [1.29, 1.82) is 0 Å². The van der Waals surface area contributed by atoms with Crippen molar-refractivity contribution >= 4 is 66.9 Å². The number of hydrogen-bond donors (Lipinski definition) is 0. The molecule has 1 atom stereocenters. The van der Waals surface area contributed by atoms with Crippen molar-refractivity contribution in [2.45, 2.75) is 6.92 Å². The molecular weight excluding hydrogens is 490 g/mol. The number of amidine groups is 1. The molecule has 2 aromatic heterocycles. The lowest BCUT2D eigenvalue weighted by Crippen LogP contribution is -2.24. The number of nitro groups is 5. The maximum absolute atomic E-state index is 11.4. The highest BCUT2D eigenvalue weighted by Crippen LogP contribution is 2.45. The molecule has 1 unspecified atom stereocenters. The average molecular weight is 493 g/mol. The van der Waals surface area contributed by atoms with Gasteiger partial charge in [0, 0.05) is 0 Å². The second-order valence-electron chi connectivity index (χ2n) is 6.10. The van der Waals surface area contributed by atoms with Crippen LogP contribution >= 0.6 is 0 Å². The molecule has 0 fully saturated rings. The van der Waals surface area contributed by atoms with Crippen LogP contribution in [0.25, 0.3) is 22.1 Å². The molecule has 0 spiro atoms. The summed E-state index contributed by atoms with van der Waals surface area (Å²) < 4.78 is 2.47. The van der Waals surface area contributed by atoms with Crippen molar-refractivity contribution in [1.82, 2.24) is 19.9 Å². The molecule has 0 amide bonds. The van der Waals surface area contributed by atoms with Crippen LogP contribution in [0.4, 0.5) is 28.8 Å². The zero-order valence-corrected chi connectivity index (χ0v) is 16.7. The highest BCUT2D eigenvalue weighted by atomic mass is 32.2. The summed E-state index contributed by atoms with van der Waals surface area (Å²) in [6.07, 6.45) is 0. The van der Waals surface area contributed by atoms with Gasteiger partial charge in [0.15, 0.2) is 11.2 Å². The molecule has 34 heavy (non-hydrogen) atoms. The van der Waals surface area contributed by atoms with Crippen LogP contribution in [0.2, 0.25) is 0 Å². The maximum Gasteiger partial charge on any atom is 0.482 e. The summed E-state index contributed by atoms with van der Waals surface area (Å²) in [5.74, 6) is -3.50. The third kappa shape index (κ3) is 3.17. The van der Waals surface area contributed by atoms with Crippen LogP contribution in [-0.4, -0.2) is 49.1 Å². The van der Waals surface area contributed by atoms with Gasteiger partial charge in [-0.05, 0) is 46.6 Å². The number of rotatable bonds is 4. The predicted molar refractivity (Wildman–Crippen MR) is 108 cm³/mol. The molecule has 0 radical (unpaired) electrons. The fourth-order valence-corrected chi connectivity index (χ4v) is 3.83. The molecular formula is C12H3N11O10S. The molecule has 3 heterocycles. The highest BCUT2D eigenvalue weighted by molar-refractivity contribution is 7.96. The van der Waals surface area contributed by atoms with Crippen LogP contribution in [0.1, 0.15) is 5.69 Å². The number of nitrogens with zero attached hydrogens (tertiary/aromatic N) is 11. The monoisotopic (exact) mass is 493 g/mol. The van der Waals surface area contributed by atoms with Crippen LogP contribution in [-0.2, 0) is 10.9 Å². The summed E-state index contributed by atoms with van der Waals surface area (Å²) in [5.41, 5.74) is -3.80. The Morgan fingerprint density at radius 1 is 0.618 bits per heavy atom. The lowest BCUT2D eigenvalue weighted by Gasteiger charge is -2.06. The number of aryl methyl sites for hydroxylation is 1. The van der Waals surface area contributed by atoms with Crippen LogP contribution in [0.5, 0.6) is 0 Å². The molecule has 0 saturated carbocycles. The molecule has 3 aromatic rings. The summed E-state index contributed by atoms with van der Waals surface area (Å²) >= 11 is 0. The van der Waals surface area contributed by atoms with Crippen LogP contribution < -0.4 is 0 Å². The summed E-state index contributed by atoms with van der Waals surface area (Å²) in [5, 5.41) is 55.5. The van der Waals surface area contributed by atoms with Gasteiger partial charge in [-0.2, -0.15) is 0 Å². The Bertz CT molecular complexity index is 1620. The first-order chi connectivity index (χ1) is 15.9. The van der Waals surface area contributed by atoms with Gasteiger partial charge in [-0.3, -0.25) is 0 Å². The summed E-state index contributed by atoms with van der Waals surface area (Å²) in [6, 6.07) is 0. The van der Waals surface area contributed by atoms with E-state index in [0.29, 0.717) is 0 Å². The molecule has 1 aliphatic rings. The predicted octanol–water partition coefficient (Wildman–Crippen LogP) is 1.51. The first-order valence-corrected chi connectivity index (χ1v) is 9.39. The van der Waals surface area contributed by atoms with E-state index in [0.717, 1.165) is 6.92 Å². The quantitative estimate of drug-likeness (QED) is 0.282. The number of fused-ring (bicyclic) bond motifs is 6. The smallest absolute Gasteiger partial charge is 0.358 e. The standard InChI is InChI=1S/C12H3N11O10S/c1-2-9(19(24)25)14-5-3(13-2)4-6(16-11(21(28)29)10(15-4)20(26)27)8-7(5)17-12(22(30)31)34(18-8)23(32)33/h1H3. The number of aliphatic imine (C=N–C) groups is 1. The second-order valence-corrected chi connectivity index (χ2v) is 7.47. The van der Waals surface area contributed by atoms with Gasteiger partial charge in [0.2, 0.25) is 0 Å². The van der Waals surface area contributed by atoms with Gasteiger partial charge in [0.25, 0.3) is 22.2 Å². The molecule has 4 rings (SSSR count). The zero-order chi connectivity index (χ0) is 25.1. The Hall–Kier alpha value is -5.28. The number of aromatic nitrogens is 4. The lowest BCUT2D eigenvalue weighted by molar-refractivity contribution is -0.428. The van der Waals surface area contributed by atoms with E-state index in [1.165, 1.54) is 0 Å². The van der Waals surface area contributed by atoms with E-state index < -0.39 is 91.0 Å². The molecule has 0 aliphatic carbocycles. The second kappa shape index (κ2) is 7.40. The van der Waals surface area contributed by atoms with Crippen molar-refractivity contribution in [3.05, 3.63) is 56.3 Å². The summed E-state index contributed by atoms with van der Waals surface area (Å²) in [4.78, 5) is 70.5. The third-order valence-corrected chi connectivity index (χ3v) is 5.37. The van der Waals surface area contributed by atoms with Crippen molar-refractivity contribution in [2.24, 2.45) is 9.36 Å². The molecule has 0 saturated heterocycles. The molecule has 1 aromatic carbocycles. The fraction of sp³-hybridized carbons (Fsp3) is 0.0833. The van der Waals surface area contributed by atoms with Gasteiger partial charge >= 0.3 is 33.5 Å². The Kier molecular flexibility index (Phi) is 4.77. The van der Waals surface area contributed by atoms with Gasteiger partial charge in [-0.15, -0.1) is 4.36 Å². The number of benzene rings is 1. The van der Waals surface area contributed by atoms with Gasteiger partial charge in [-0.1, -0.05) is 0 Å². The molecule has 0 bridgehead atoms. The van der Waals surface area contributed by atoms with Crippen molar-refractivity contribution in [3.8, 4) is 0 Å². The normalized spacial score (nSPS) is 14.7. The van der Waals surface area contributed by atoms with E-state index in [-0.39, 0.29) is 5.69 Å². The highest BCUT2D eigenvalue weighted by Gasteiger charge is 2.44. The van der Waals surface area contributed by atoms with Crippen LogP contribution in [0.15, 0.2) is 9.36 Å². The van der Waals surface area contributed by atoms with E-state index in [4.69, 9.17) is 0 Å². The van der Waals surface area contributed by atoms with Crippen LogP contribution in [0.3, 0.4) is 0 Å². The zero-order valence-electron chi connectivity index (χ0n) is 15.9. The van der Waals surface area contributed by atoms with E-state index in [1.54, 1.807) is 0 Å². The van der Waals surface area contributed by atoms with Crippen molar-refractivity contribution in [3.63, 3.8) is 0 Å². The van der Waals surface area contributed by atoms with Gasteiger partial charge in [0.1, 0.15) is 10.0 Å². The SMILES string of the molecule is Cc1nc2c(nc1[N+](=O)[O-])c1c(c3nc([N+](=O)[O-])c([N+](=O)[O-])nc32)N=S([N+](=O)[O-])C([N+](=O)[O-])=N1.